The molecule has 1 heterocycles. The van der Waals surface area contributed by atoms with Crippen molar-refractivity contribution in [3.05, 3.63) is 0 Å². The average Bonchev–Trinajstić information content (AvgIpc) is 2.48. The molecule has 0 bridgehead atoms. The van der Waals surface area contributed by atoms with Crippen molar-refractivity contribution >= 4 is 5.97 Å². The molecule has 1 N–H and O–H groups in total. The van der Waals surface area contributed by atoms with E-state index in [1.807, 2.05) is 20.9 Å². The first-order valence-electron chi connectivity index (χ1n) is 8.60. The van der Waals surface area contributed by atoms with E-state index in [0.29, 0.717) is 18.7 Å². The molecule has 1 aliphatic rings. The summed E-state index contributed by atoms with van der Waals surface area (Å²) in [5.41, 5.74) is -0.594. The lowest BCUT2D eigenvalue weighted by molar-refractivity contribution is -0.151. The molecular formula is C17H34N2O2. The number of rotatable bonds is 8. The molecule has 4 heteroatoms. The second-order valence-corrected chi connectivity index (χ2v) is 6.53. The molecule has 0 spiro atoms. The maximum atomic E-state index is 12.2. The average molecular weight is 298 g/mol. The van der Waals surface area contributed by atoms with Crippen molar-refractivity contribution in [2.45, 2.75) is 83.8 Å². The molecule has 1 fully saturated rings. The van der Waals surface area contributed by atoms with Crippen molar-refractivity contribution in [1.29, 1.82) is 0 Å². The highest BCUT2D eigenvalue weighted by molar-refractivity contribution is 5.80. The zero-order valence-corrected chi connectivity index (χ0v) is 14.6. The van der Waals surface area contributed by atoms with Crippen LogP contribution in [0.1, 0.15) is 66.2 Å². The third kappa shape index (κ3) is 4.96. The van der Waals surface area contributed by atoms with Crippen molar-refractivity contribution in [3.8, 4) is 0 Å². The van der Waals surface area contributed by atoms with E-state index in [4.69, 9.17) is 4.74 Å². The fraction of sp³-hybridized carbons (Fsp3) is 0.941. The Kier molecular flexibility index (Phi) is 7.67. The van der Waals surface area contributed by atoms with E-state index in [-0.39, 0.29) is 5.97 Å². The lowest BCUT2D eigenvalue weighted by atomic mass is 9.89. The van der Waals surface area contributed by atoms with Gasteiger partial charge in [-0.15, -0.1) is 0 Å². The number of nitrogens with one attached hydrogen (secondary N) is 1. The molecule has 1 rings (SSSR count). The molecule has 0 aromatic rings. The summed E-state index contributed by atoms with van der Waals surface area (Å²) in [6, 6.07) is 1.07. The van der Waals surface area contributed by atoms with Crippen LogP contribution in [0.15, 0.2) is 0 Å². The molecule has 21 heavy (non-hydrogen) atoms. The normalized spacial score (nSPS) is 24.3. The summed E-state index contributed by atoms with van der Waals surface area (Å²) in [6.45, 7) is 9.93. The van der Waals surface area contributed by atoms with E-state index < -0.39 is 5.54 Å². The van der Waals surface area contributed by atoms with Crippen molar-refractivity contribution in [3.63, 3.8) is 0 Å². The molecule has 0 radical (unpaired) electrons. The third-order valence-electron chi connectivity index (χ3n) is 4.84. The predicted molar refractivity (Wildman–Crippen MR) is 87.4 cm³/mol. The second kappa shape index (κ2) is 8.74. The molecule has 0 amide bonds. The van der Waals surface area contributed by atoms with Crippen molar-refractivity contribution < 1.29 is 9.53 Å². The molecule has 124 valence electrons. The SMILES string of the molecule is CCCC1CCCCN1C(C)CC(C)(NC)C(=O)OCC. The van der Waals surface area contributed by atoms with Crippen molar-refractivity contribution in [2.24, 2.45) is 0 Å². The Morgan fingerprint density at radius 1 is 1.43 bits per heavy atom. The Bertz CT molecular complexity index is 320. The topological polar surface area (TPSA) is 41.6 Å². The van der Waals surface area contributed by atoms with Gasteiger partial charge in [-0.25, -0.2) is 0 Å². The maximum absolute atomic E-state index is 12.2. The van der Waals surface area contributed by atoms with Gasteiger partial charge in [-0.1, -0.05) is 19.8 Å². The smallest absolute Gasteiger partial charge is 0.326 e. The van der Waals surface area contributed by atoms with Gasteiger partial charge in [-0.2, -0.15) is 0 Å². The van der Waals surface area contributed by atoms with Gasteiger partial charge in [0.05, 0.1) is 6.61 Å². The van der Waals surface area contributed by atoms with Gasteiger partial charge < -0.3 is 10.1 Å². The van der Waals surface area contributed by atoms with Gasteiger partial charge in [0.15, 0.2) is 0 Å². The van der Waals surface area contributed by atoms with Gasteiger partial charge in [0.1, 0.15) is 5.54 Å². The van der Waals surface area contributed by atoms with E-state index >= 15 is 0 Å². The molecular weight excluding hydrogens is 264 g/mol. The molecule has 0 saturated carbocycles. The number of nitrogens with zero attached hydrogens (tertiary/aromatic N) is 1. The highest BCUT2D eigenvalue weighted by atomic mass is 16.5. The number of esters is 1. The molecule has 1 saturated heterocycles. The van der Waals surface area contributed by atoms with E-state index in [1.165, 1.54) is 32.1 Å². The van der Waals surface area contributed by atoms with Crippen LogP contribution in [-0.2, 0) is 9.53 Å². The number of hydrogen-bond donors (Lipinski definition) is 1. The van der Waals surface area contributed by atoms with Crippen LogP contribution in [0.4, 0.5) is 0 Å². The Morgan fingerprint density at radius 2 is 2.14 bits per heavy atom. The number of carbonyl (C=O) groups is 1. The van der Waals surface area contributed by atoms with Crippen LogP contribution < -0.4 is 5.32 Å². The summed E-state index contributed by atoms with van der Waals surface area (Å²) >= 11 is 0. The van der Waals surface area contributed by atoms with Gasteiger partial charge >= 0.3 is 5.97 Å². The van der Waals surface area contributed by atoms with Gasteiger partial charge in [0, 0.05) is 12.1 Å². The summed E-state index contributed by atoms with van der Waals surface area (Å²) in [5.74, 6) is -0.136. The summed E-state index contributed by atoms with van der Waals surface area (Å²) in [5, 5.41) is 3.18. The molecule has 0 aromatic carbocycles. The second-order valence-electron chi connectivity index (χ2n) is 6.53. The number of hydrogen-bond acceptors (Lipinski definition) is 4. The van der Waals surface area contributed by atoms with Gasteiger partial charge in [0.25, 0.3) is 0 Å². The summed E-state index contributed by atoms with van der Waals surface area (Å²) in [6.07, 6.45) is 7.21. The quantitative estimate of drug-likeness (QED) is 0.700. The van der Waals surface area contributed by atoms with Crippen LogP contribution in [-0.4, -0.2) is 48.7 Å². The minimum atomic E-state index is -0.594. The highest BCUT2D eigenvalue weighted by Crippen LogP contribution is 2.27. The van der Waals surface area contributed by atoms with E-state index in [9.17, 15) is 4.79 Å². The lowest BCUT2D eigenvalue weighted by Gasteiger charge is -2.42. The van der Waals surface area contributed by atoms with Crippen LogP contribution in [0.2, 0.25) is 0 Å². The van der Waals surface area contributed by atoms with Gasteiger partial charge in [-0.05, 0) is 60.0 Å². The number of carbonyl (C=O) groups excluding carboxylic acids is 1. The summed E-state index contributed by atoms with van der Waals surface area (Å²) < 4.78 is 5.24. The largest absolute Gasteiger partial charge is 0.465 e. The number of piperidine rings is 1. The van der Waals surface area contributed by atoms with Gasteiger partial charge in [-0.3, -0.25) is 9.69 Å². The predicted octanol–water partition coefficient (Wildman–Crippen LogP) is 2.96. The first kappa shape index (κ1) is 18.4. The Balaban J connectivity index is 2.71. The molecule has 4 nitrogen and oxygen atoms in total. The molecule has 3 atom stereocenters. The first-order chi connectivity index (χ1) is 9.98. The van der Waals surface area contributed by atoms with Crippen LogP contribution in [0.5, 0.6) is 0 Å². The van der Waals surface area contributed by atoms with Crippen LogP contribution in [0.3, 0.4) is 0 Å². The Hall–Kier alpha value is -0.610. The Labute approximate surface area is 130 Å². The number of likely N-dealkylation sites (tertiary alicyclic amines) is 1. The molecule has 0 aromatic heterocycles. The van der Waals surface area contributed by atoms with E-state index in [1.54, 1.807) is 0 Å². The van der Waals surface area contributed by atoms with Crippen molar-refractivity contribution in [2.75, 3.05) is 20.2 Å². The van der Waals surface area contributed by atoms with Crippen LogP contribution >= 0.6 is 0 Å². The third-order valence-corrected chi connectivity index (χ3v) is 4.84. The number of ether oxygens (including phenoxy) is 1. The van der Waals surface area contributed by atoms with Crippen molar-refractivity contribution in [1.82, 2.24) is 10.2 Å². The molecule has 0 aliphatic carbocycles. The summed E-state index contributed by atoms with van der Waals surface area (Å²) in [7, 11) is 1.85. The van der Waals surface area contributed by atoms with E-state index in [2.05, 4.69) is 24.1 Å². The standard InChI is InChI=1S/C17H34N2O2/c1-6-10-15-11-8-9-12-19(15)14(3)13-17(4,18-5)16(20)21-7-2/h14-15,18H,6-13H2,1-5H3. The number of likely N-dealkylation sites (N-methyl/N-ethyl adjacent to an activating group) is 1. The fourth-order valence-corrected chi connectivity index (χ4v) is 3.53. The maximum Gasteiger partial charge on any atom is 0.326 e. The Morgan fingerprint density at radius 3 is 2.71 bits per heavy atom. The summed E-state index contributed by atoms with van der Waals surface area (Å²) in [4.78, 5) is 14.8. The van der Waals surface area contributed by atoms with Crippen LogP contribution in [0, 0.1) is 0 Å². The van der Waals surface area contributed by atoms with E-state index in [0.717, 1.165) is 13.0 Å². The lowest BCUT2D eigenvalue weighted by Crippen LogP contribution is -2.55. The monoisotopic (exact) mass is 298 g/mol. The highest BCUT2D eigenvalue weighted by Gasteiger charge is 2.37. The van der Waals surface area contributed by atoms with Crippen LogP contribution in [0.25, 0.3) is 0 Å². The minimum absolute atomic E-state index is 0.136. The molecule has 1 aliphatic heterocycles. The fourth-order valence-electron chi connectivity index (χ4n) is 3.53. The first-order valence-corrected chi connectivity index (χ1v) is 8.60. The zero-order chi connectivity index (χ0) is 15.9. The zero-order valence-electron chi connectivity index (χ0n) is 14.6. The van der Waals surface area contributed by atoms with Gasteiger partial charge in [0.2, 0.25) is 0 Å². The minimum Gasteiger partial charge on any atom is -0.465 e. The molecule has 3 unspecified atom stereocenters.